The first-order chi connectivity index (χ1) is 17.1. The monoisotopic (exact) mass is 782 g/mol. The van der Waals surface area contributed by atoms with Crippen molar-refractivity contribution < 1.29 is 41.4 Å². The van der Waals surface area contributed by atoms with Crippen LogP contribution in [0.1, 0.15) is 42.5 Å². The van der Waals surface area contributed by atoms with Gasteiger partial charge in [-0.1, -0.05) is 35.6 Å². The number of halogens is 1. The van der Waals surface area contributed by atoms with Gasteiger partial charge in [0.25, 0.3) is 0 Å². The van der Waals surface area contributed by atoms with Gasteiger partial charge < -0.3 is 41.4 Å². The van der Waals surface area contributed by atoms with Crippen LogP contribution in [0.3, 0.4) is 0 Å². The van der Waals surface area contributed by atoms with Crippen molar-refractivity contribution in [2.45, 2.75) is 97.3 Å². The first-order valence-electron chi connectivity index (χ1n) is 11.6. The lowest BCUT2D eigenvalue weighted by atomic mass is 9.86. The van der Waals surface area contributed by atoms with Gasteiger partial charge in [-0.15, -0.1) is 24.0 Å². The molecule has 0 bridgehead atoms. The molecule has 18 atom stereocenters. The highest BCUT2D eigenvalue weighted by molar-refractivity contribution is 14.0. The fourth-order valence-electron chi connectivity index (χ4n) is 4.26. The first-order valence-corrected chi connectivity index (χ1v) is 14.4. The summed E-state index contributed by atoms with van der Waals surface area (Å²) in [5.41, 5.74) is 0. The van der Waals surface area contributed by atoms with Gasteiger partial charge in [-0.05, 0) is 6.92 Å². The molecule has 0 saturated carbocycles. The Morgan fingerprint density at radius 2 is 0.821 bits per heavy atom. The van der Waals surface area contributed by atoms with E-state index in [1.165, 1.54) is 0 Å². The van der Waals surface area contributed by atoms with Gasteiger partial charge in [0.05, 0.1) is 44.2 Å². The average molecular weight is 782 g/mol. The Morgan fingerprint density at radius 3 is 1.10 bits per heavy atom. The van der Waals surface area contributed by atoms with E-state index in [0.717, 1.165) is 0 Å². The molecule has 4 radical (unpaired) electrons. The molecule has 3 heterocycles. The molecular formula is C21H51B2IO9P6. The Bertz CT molecular complexity index is 528. The zero-order valence-corrected chi connectivity index (χ0v) is 31.0. The van der Waals surface area contributed by atoms with Gasteiger partial charge in [-0.25, -0.2) is 0 Å². The second-order valence-electron chi connectivity index (χ2n) is 9.04. The Kier molecular flexibility index (Phi) is 30.2. The largest absolute Gasteiger partial charge is 0.379 e. The van der Waals surface area contributed by atoms with E-state index in [1.54, 1.807) is 0 Å². The van der Waals surface area contributed by atoms with Crippen molar-refractivity contribution in [1.82, 2.24) is 0 Å². The molecule has 0 amide bonds. The van der Waals surface area contributed by atoms with Gasteiger partial charge in [0, 0.05) is 86.6 Å². The van der Waals surface area contributed by atoms with E-state index in [1.807, 2.05) is 13.8 Å². The molecular weight excluding hydrogens is 731 g/mol. The summed E-state index contributed by atoms with van der Waals surface area (Å²) in [6, 6.07) is -0.499. The third-order valence-electron chi connectivity index (χ3n) is 6.74. The van der Waals surface area contributed by atoms with Gasteiger partial charge in [-0.3, -0.25) is 0 Å². The minimum absolute atomic E-state index is 0. The second-order valence-corrected chi connectivity index (χ2v) is 10.9. The number of hydrogen-bond acceptors (Lipinski definition) is 9. The molecule has 0 spiro atoms. The zero-order chi connectivity index (χ0) is 27.4. The summed E-state index contributed by atoms with van der Waals surface area (Å²) >= 11 is 0. The summed E-state index contributed by atoms with van der Waals surface area (Å²) in [6.45, 7) is 9.73. The Labute approximate surface area is 271 Å². The fourth-order valence-corrected chi connectivity index (χ4v) is 6.10. The smallest absolute Gasteiger partial charge is 0.109 e. The van der Waals surface area contributed by atoms with Crippen LogP contribution in [0.25, 0.3) is 0 Å². The summed E-state index contributed by atoms with van der Waals surface area (Å²) in [7, 11) is 24.8. The Morgan fingerprint density at radius 1 is 0.538 bits per heavy atom. The molecule has 0 aliphatic carbocycles. The van der Waals surface area contributed by atoms with Crippen LogP contribution in [0.15, 0.2) is 0 Å². The van der Waals surface area contributed by atoms with Crippen molar-refractivity contribution in [2.75, 3.05) is 19.8 Å². The minimum atomic E-state index is -0.249. The third-order valence-corrected chi connectivity index (χ3v) is 8.26. The highest BCUT2D eigenvalue weighted by atomic mass is 127. The van der Waals surface area contributed by atoms with Crippen LogP contribution in [0.5, 0.6) is 0 Å². The van der Waals surface area contributed by atoms with Crippen molar-refractivity contribution >= 4 is 96.5 Å². The van der Waals surface area contributed by atoms with Crippen LogP contribution in [-0.2, 0) is 41.4 Å². The maximum Gasteiger partial charge on any atom is 0.109 e. The fraction of sp³-hybridized carbons (Fsp3) is 1.00. The average Bonchev–Trinajstić information content (AvgIpc) is 3.39. The van der Waals surface area contributed by atoms with Gasteiger partial charge in [0.2, 0.25) is 0 Å². The molecule has 3 rings (SSSR count). The predicted octanol–water partition coefficient (Wildman–Crippen LogP) is 4.28. The van der Waals surface area contributed by atoms with Crippen LogP contribution >= 0.6 is 80.8 Å². The summed E-state index contributed by atoms with van der Waals surface area (Å²) < 4.78 is 46.9. The molecule has 0 aromatic heterocycles. The highest BCUT2D eigenvalue weighted by Crippen LogP contribution is 2.31. The van der Waals surface area contributed by atoms with E-state index in [4.69, 9.17) is 57.0 Å². The maximum atomic E-state index is 5.69. The van der Waals surface area contributed by atoms with Crippen molar-refractivity contribution in [3.63, 3.8) is 0 Å². The van der Waals surface area contributed by atoms with E-state index >= 15 is 0 Å². The lowest BCUT2D eigenvalue weighted by Crippen LogP contribution is -2.29. The lowest BCUT2D eigenvalue weighted by molar-refractivity contribution is 0.00285. The second kappa shape index (κ2) is 25.3. The molecule has 3 saturated heterocycles. The van der Waals surface area contributed by atoms with Crippen LogP contribution in [0, 0.1) is 17.8 Å². The highest BCUT2D eigenvalue weighted by Gasteiger charge is 2.41. The van der Waals surface area contributed by atoms with Crippen LogP contribution in [0.2, 0.25) is 0 Å². The molecule has 232 valence electrons. The predicted molar refractivity (Wildman–Crippen MR) is 190 cm³/mol. The van der Waals surface area contributed by atoms with E-state index < -0.39 is 0 Å². The topological polar surface area (TPSA) is 83.1 Å². The molecule has 0 aromatic carbocycles. The van der Waals surface area contributed by atoms with Gasteiger partial charge >= 0.3 is 0 Å². The van der Waals surface area contributed by atoms with Crippen LogP contribution in [0.4, 0.5) is 0 Å². The Hall–Kier alpha value is 3.08. The van der Waals surface area contributed by atoms with Crippen molar-refractivity contribution in [2.24, 2.45) is 17.8 Å². The number of rotatable bonds is 9. The number of hydrogen-bond donors (Lipinski definition) is 0. The van der Waals surface area contributed by atoms with E-state index in [-0.39, 0.29) is 105 Å². The molecule has 9 nitrogen and oxygen atoms in total. The SMILES string of the molecule is C.C.CC1O[C@@H](COP)C(OP)[C@@H]1C.I.[B][C@H]1O[C@@H](COP)C(OP)[C@@H]1C.[B][C@H]1O[C@@H](COP)C(OP)[C@@H]1C. The molecule has 10 unspecified atom stereocenters. The number of ether oxygens (including phenoxy) is 3. The van der Waals surface area contributed by atoms with Gasteiger partial charge in [0.15, 0.2) is 0 Å². The van der Waals surface area contributed by atoms with Crippen molar-refractivity contribution in [1.29, 1.82) is 0 Å². The van der Waals surface area contributed by atoms with Gasteiger partial charge in [-0.2, -0.15) is 0 Å². The summed E-state index contributed by atoms with van der Waals surface area (Å²) in [4.78, 5) is 0. The molecule has 3 aliphatic rings. The third kappa shape index (κ3) is 14.4. The summed E-state index contributed by atoms with van der Waals surface area (Å²) in [5, 5.41) is 0. The van der Waals surface area contributed by atoms with E-state index in [0.29, 0.717) is 25.7 Å². The molecule has 18 heteroatoms. The first kappa shape index (κ1) is 46.5. The lowest BCUT2D eigenvalue weighted by Gasteiger charge is -2.18. The minimum Gasteiger partial charge on any atom is -0.379 e. The molecule has 3 aliphatic heterocycles. The Balaban J connectivity index is -0.000000480. The molecule has 39 heavy (non-hydrogen) atoms. The molecule has 0 N–H and O–H groups in total. The molecule has 3 fully saturated rings. The van der Waals surface area contributed by atoms with Crippen LogP contribution < -0.4 is 0 Å². The van der Waals surface area contributed by atoms with Crippen molar-refractivity contribution in [3.8, 4) is 0 Å². The summed E-state index contributed by atoms with van der Waals surface area (Å²) in [5.74, 6) is 0.827. The summed E-state index contributed by atoms with van der Waals surface area (Å²) in [6.07, 6.45) is 0.322. The van der Waals surface area contributed by atoms with E-state index in [2.05, 4.69) is 70.6 Å². The van der Waals surface area contributed by atoms with E-state index in [9.17, 15) is 0 Å². The normalized spacial score (nSPS) is 38.7. The standard InChI is InChI=1S/C7H16O3P2.2C6H13BO3P2.2CH4.HI/c1-4-5(2)9-6(3-8-11)7(4)10-12;2*1-3-5(10-12)4(2-8-11)9-6(3)7;;;/h4-7H,3,11-12H2,1-2H3;2*3-6H,2,11-12H2,1H3;2*1H4;1H/t4-,5?,6+,7?;2*3-,4-,5?,6-;;;/m100.../s1. The van der Waals surface area contributed by atoms with Crippen LogP contribution in [-0.4, -0.2) is 90.2 Å². The molecule has 0 aromatic rings. The van der Waals surface area contributed by atoms with Gasteiger partial charge in [0.1, 0.15) is 34.0 Å². The maximum absolute atomic E-state index is 5.69. The quantitative estimate of drug-likeness (QED) is 0.194. The zero-order valence-electron chi connectivity index (χ0n) is 21.8. The van der Waals surface area contributed by atoms with Crippen molar-refractivity contribution in [3.05, 3.63) is 0 Å².